The summed E-state index contributed by atoms with van der Waals surface area (Å²) in [5, 5.41) is 0. The van der Waals surface area contributed by atoms with E-state index in [1.165, 1.54) is 148 Å². The van der Waals surface area contributed by atoms with Crippen LogP contribution in [-0.4, -0.2) is 23.9 Å². The first-order valence-electron chi connectivity index (χ1n) is 13.4. The second kappa shape index (κ2) is 24.7. The fourth-order valence-electron chi connectivity index (χ4n) is 4.16. The zero-order chi connectivity index (χ0) is 20.5. The molecule has 0 aliphatic rings. The van der Waals surface area contributed by atoms with E-state index < -0.39 is 0 Å². The summed E-state index contributed by atoms with van der Waals surface area (Å²) in [7, 11) is 0. The Bertz CT molecular complexity index is 281. The van der Waals surface area contributed by atoms with E-state index >= 15 is 0 Å². The average molecular weight is 395 g/mol. The maximum atomic E-state index is 2.62. The molecule has 0 bridgehead atoms. The van der Waals surface area contributed by atoms with Crippen molar-refractivity contribution < 1.29 is 4.58 Å². The predicted octanol–water partition coefficient (Wildman–Crippen LogP) is 9.32. The molecule has 0 aromatic rings. The molecule has 0 heterocycles. The minimum Gasteiger partial charge on any atom is -0.240 e. The van der Waals surface area contributed by atoms with Gasteiger partial charge in [-0.3, -0.25) is 0 Å². The van der Waals surface area contributed by atoms with E-state index in [0.29, 0.717) is 0 Å². The number of nitrogens with zero attached hydrogens (tertiary/aromatic N) is 1. The molecular weight excluding hydrogens is 338 g/mol. The van der Waals surface area contributed by atoms with E-state index in [9.17, 15) is 0 Å². The molecule has 0 aliphatic carbocycles. The van der Waals surface area contributed by atoms with Gasteiger partial charge in [-0.2, -0.15) is 0 Å². The van der Waals surface area contributed by atoms with Crippen LogP contribution in [0.2, 0.25) is 0 Å². The Morgan fingerprint density at radius 1 is 0.393 bits per heavy atom. The smallest absolute Gasteiger partial charge is 0.142 e. The standard InChI is InChI=1S/C27H56N/c1-4-7-9-11-13-15-17-19-21-23-26-28(25-6-3)27-24-22-20-18-16-14-12-10-8-5-2/h25H,4-24,26-27H2,1-3H3/q+1. The summed E-state index contributed by atoms with van der Waals surface area (Å²) < 4.78 is 2.62. The van der Waals surface area contributed by atoms with E-state index in [1.54, 1.807) is 0 Å². The molecule has 1 nitrogen and oxygen atoms in total. The second-order valence-corrected chi connectivity index (χ2v) is 8.99. The molecule has 0 aromatic heterocycles. The van der Waals surface area contributed by atoms with Crippen LogP contribution in [0.15, 0.2) is 0 Å². The van der Waals surface area contributed by atoms with E-state index in [-0.39, 0.29) is 0 Å². The van der Waals surface area contributed by atoms with E-state index in [4.69, 9.17) is 0 Å². The maximum Gasteiger partial charge on any atom is 0.142 e. The minimum absolute atomic E-state index is 1.19. The lowest BCUT2D eigenvalue weighted by Crippen LogP contribution is -2.16. The fraction of sp³-hybridized carbons (Fsp3) is 0.963. The van der Waals surface area contributed by atoms with Gasteiger partial charge in [-0.15, -0.1) is 0 Å². The Kier molecular flexibility index (Phi) is 24.4. The monoisotopic (exact) mass is 394 g/mol. The van der Waals surface area contributed by atoms with Crippen LogP contribution in [0.1, 0.15) is 156 Å². The summed E-state index contributed by atoms with van der Waals surface area (Å²) in [6, 6.07) is 0. The number of hydrogen-bond donors (Lipinski definition) is 0. The van der Waals surface area contributed by atoms with Gasteiger partial charge in [-0.1, -0.05) is 124 Å². The largest absolute Gasteiger partial charge is 0.240 e. The van der Waals surface area contributed by atoms with Crippen molar-refractivity contribution in [3.05, 3.63) is 0 Å². The third-order valence-electron chi connectivity index (χ3n) is 6.04. The maximum absolute atomic E-state index is 2.62. The third-order valence-corrected chi connectivity index (χ3v) is 6.04. The molecule has 0 rings (SSSR count). The molecule has 0 N–H and O–H groups in total. The molecule has 0 spiro atoms. The molecule has 28 heavy (non-hydrogen) atoms. The normalized spacial score (nSPS) is 11.1. The Balaban J connectivity index is 3.45. The predicted molar refractivity (Wildman–Crippen MR) is 130 cm³/mol. The van der Waals surface area contributed by atoms with Crippen molar-refractivity contribution in [1.29, 1.82) is 0 Å². The van der Waals surface area contributed by atoms with E-state index in [0.717, 1.165) is 0 Å². The molecule has 0 aliphatic heterocycles. The first kappa shape index (κ1) is 27.7. The highest BCUT2D eigenvalue weighted by Crippen LogP contribution is 2.12. The van der Waals surface area contributed by atoms with Crippen molar-refractivity contribution in [3.63, 3.8) is 0 Å². The second-order valence-electron chi connectivity index (χ2n) is 8.99. The highest BCUT2D eigenvalue weighted by atomic mass is 15.0. The van der Waals surface area contributed by atoms with Gasteiger partial charge < -0.3 is 0 Å². The van der Waals surface area contributed by atoms with Gasteiger partial charge in [0.15, 0.2) is 0 Å². The summed E-state index contributed by atoms with van der Waals surface area (Å²) in [6.07, 6.45) is 32.4. The van der Waals surface area contributed by atoms with Gasteiger partial charge in [-0.05, 0) is 12.8 Å². The van der Waals surface area contributed by atoms with Crippen LogP contribution in [0.25, 0.3) is 0 Å². The highest BCUT2D eigenvalue weighted by Gasteiger charge is 2.04. The van der Waals surface area contributed by atoms with Gasteiger partial charge in [0.25, 0.3) is 0 Å². The zero-order valence-corrected chi connectivity index (χ0v) is 20.3. The van der Waals surface area contributed by atoms with Crippen LogP contribution in [0, 0.1) is 0 Å². The quantitative estimate of drug-likeness (QED) is 0.0922. The number of unbranched alkanes of at least 4 members (excludes halogenated alkanes) is 18. The van der Waals surface area contributed by atoms with E-state index in [2.05, 4.69) is 31.6 Å². The first-order valence-corrected chi connectivity index (χ1v) is 13.4. The number of rotatable bonds is 23. The van der Waals surface area contributed by atoms with Gasteiger partial charge in [0.1, 0.15) is 19.3 Å². The van der Waals surface area contributed by atoms with Gasteiger partial charge in [-0.25, -0.2) is 4.58 Å². The van der Waals surface area contributed by atoms with Gasteiger partial charge in [0, 0.05) is 19.3 Å². The summed E-state index contributed by atoms with van der Waals surface area (Å²) in [5.41, 5.74) is 0. The van der Waals surface area contributed by atoms with Crippen molar-refractivity contribution >= 4 is 6.21 Å². The summed E-state index contributed by atoms with van der Waals surface area (Å²) in [6.45, 7) is 9.47. The van der Waals surface area contributed by atoms with Crippen LogP contribution in [0.5, 0.6) is 0 Å². The van der Waals surface area contributed by atoms with Crippen LogP contribution in [-0.2, 0) is 0 Å². The summed E-state index contributed by atoms with van der Waals surface area (Å²) in [4.78, 5) is 0. The Labute approximate surface area is 179 Å². The van der Waals surface area contributed by atoms with Gasteiger partial charge >= 0.3 is 0 Å². The minimum atomic E-state index is 1.19. The molecule has 168 valence electrons. The van der Waals surface area contributed by atoms with Crippen molar-refractivity contribution in [2.45, 2.75) is 156 Å². The molecular formula is C27H56N+. The van der Waals surface area contributed by atoms with Crippen LogP contribution in [0.4, 0.5) is 0 Å². The molecule has 0 aromatic carbocycles. The van der Waals surface area contributed by atoms with Crippen LogP contribution >= 0.6 is 0 Å². The molecule has 0 amide bonds. The lowest BCUT2D eigenvalue weighted by molar-refractivity contribution is -0.525. The Hall–Kier alpha value is -0.330. The van der Waals surface area contributed by atoms with Crippen molar-refractivity contribution in [2.24, 2.45) is 0 Å². The molecule has 0 atom stereocenters. The molecule has 0 unspecified atom stereocenters. The van der Waals surface area contributed by atoms with E-state index in [1.807, 2.05) is 0 Å². The van der Waals surface area contributed by atoms with Crippen LogP contribution < -0.4 is 0 Å². The van der Waals surface area contributed by atoms with Crippen molar-refractivity contribution in [3.8, 4) is 0 Å². The molecule has 0 radical (unpaired) electrons. The summed E-state index contributed by atoms with van der Waals surface area (Å²) in [5.74, 6) is 0. The Morgan fingerprint density at radius 2 is 0.679 bits per heavy atom. The topological polar surface area (TPSA) is 3.01 Å². The SMILES string of the molecule is CCC=[N+](CCCCCCCCCCCC)CCCCCCCCCCCC. The first-order chi connectivity index (χ1) is 13.8. The molecule has 0 saturated heterocycles. The van der Waals surface area contributed by atoms with Crippen molar-refractivity contribution in [2.75, 3.05) is 13.1 Å². The van der Waals surface area contributed by atoms with Gasteiger partial charge in [0.05, 0.1) is 0 Å². The summed E-state index contributed by atoms with van der Waals surface area (Å²) >= 11 is 0. The molecule has 1 heteroatoms. The number of hydrogen-bond acceptors (Lipinski definition) is 0. The lowest BCUT2D eigenvalue weighted by Gasteiger charge is -2.05. The fourth-order valence-corrected chi connectivity index (χ4v) is 4.16. The third kappa shape index (κ3) is 22.0. The highest BCUT2D eigenvalue weighted by molar-refractivity contribution is 5.50. The molecule has 0 fully saturated rings. The van der Waals surface area contributed by atoms with Gasteiger partial charge in [0.2, 0.25) is 0 Å². The average Bonchev–Trinajstić information content (AvgIpc) is 2.70. The zero-order valence-electron chi connectivity index (χ0n) is 20.3. The lowest BCUT2D eigenvalue weighted by atomic mass is 10.1. The van der Waals surface area contributed by atoms with Crippen molar-refractivity contribution in [1.82, 2.24) is 0 Å². The Morgan fingerprint density at radius 3 is 0.964 bits per heavy atom. The van der Waals surface area contributed by atoms with Crippen LogP contribution in [0.3, 0.4) is 0 Å². The molecule has 0 saturated carbocycles.